The van der Waals surface area contributed by atoms with E-state index in [1.807, 2.05) is 0 Å². The van der Waals surface area contributed by atoms with Crippen LogP contribution in [0.3, 0.4) is 0 Å². The zero-order chi connectivity index (χ0) is 18.2. The molecule has 4 nitrogen and oxygen atoms in total. The summed E-state index contributed by atoms with van der Waals surface area (Å²) in [7, 11) is 1.43. The fourth-order valence-corrected chi connectivity index (χ4v) is 2.01. The molecule has 0 aromatic rings. The highest BCUT2D eigenvalue weighted by Gasteiger charge is 2.35. The van der Waals surface area contributed by atoms with Gasteiger partial charge in [0.15, 0.2) is 0 Å². The molecule has 130 valence electrons. The summed E-state index contributed by atoms with van der Waals surface area (Å²) in [5.41, 5.74) is -0.271. The van der Waals surface area contributed by atoms with Crippen molar-refractivity contribution < 1.29 is 18.0 Å². The van der Waals surface area contributed by atoms with E-state index >= 15 is 0 Å². The Hall–Kier alpha value is -2.70. The number of halogens is 3. The summed E-state index contributed by atoms with van der Waals surface area (Å²) in [6.45, 7) is 5.30. The molecule has 3 N–H and O–H groups in total. The second-order valence-electron chi connectivity index (χ2n) is 4.78. The molecule has 0 aromatic heterocycles. The molecular weight excluding hydrogens is 319 g/mol. The Morgan fingerprint density at radius 1 is 1.38 bits per heavy atom. The molecule has 0 fully saturated rings. The van der Waals surface area contributed by atoms with Gasteiger partial charge in [-0.15, -0.1) is 0 Å². The highest BCUT2D eigenvalue weighted by atomic mass is 19.4. The zero-order valence-corrected chi connectivity index (χ0v) is 13.5. The first-order chi connectivity index (χ1) is 11.3. The van der Waals surface area contributed by atoms with Gasteiger partial charge in [-0.05, 0) is 31.2 Å². The number of nitrogens with one attached hydrogen (secondary N) is 3. The first-order valence-corrected chi connectivity index (χ1v) is 7.21. The van der Waals surface area contributed by atoms with Crippen LogP contribution < -0.4 is 16.0 Å². The highest BCUT2D eigenvalue weighted by molar-refractivity contribution is 5.79. The Morgan fingerprint density at radius 3 is 2.62 bits per heavy atom. The molecule has 0 unspecified atom stereocenters. The lowest BCUT2D eigenvalue weighted by Gasteiger charge is -2.14. The summed E-state index contributed by atoms with van der Waals surface area (Å²) in [5.74, 6) is 0. The normalized spacial score (nSPS) is 15.9. The van der Waals surface area contributed by atoms with Crippen LogP contribution in [0.25, 0.3) is 0 Å². The van der Waals surface area contributed by atoms with Gasteiger partial charge < -0.3 is 16.0 Å². The molecular formula is C17H20F3N3O. The van der Waals surface area contributed by atoms with Crippen molar-refractivity contribution >= 4 is 6.03 Å². The fourth-order valence-electron chi connectivity index (χ4n) is 2.01. The van der Waals surface area contributed by atoms with Crippen LogP contribution in [0.15, 0.2) is 71.8 Å². The topological polar surface area (TPSA) is 53.2 Å². The van der Waals surface area contributed by atoms with Crippen molar-refractivity contribution in [1.82, 2.24) is 16.0 Å². The van der Waals surface area contributed by atoms with Crippen LogP contribution in [0.5, 0.6) is 0 Å². The van der Waals surface area contributed by atoms with Crippen LogP contribution in [0.1, 0.15) is 13.3 Å². The van der Waals surface area contributed by atoms with Crippen molar-refractivity contribution in [1.29, 1.82) is 0 Å². The van der Waals surface area contributed by atoms with Crippen molar-refractivity contribution in [3.63, 3.8) is 0 Å². The van der Waals surface area contributed by atoms with Crippen molar-refractivity contribution in [3.05, 3.63) is 71.8 Å². The van der Waals surface area contributed by atoms with Gasteiger partial charge in [0.1, 0.15) is 0 Å². The summed E-state index contributed by atoms with van der Waals surface area (Å²) in [6, 6.07) is -0.647. The average molecular weight is 339 g/mol. The molecule has 24 heavy (non-hydrogen) atoms. The second-order valence-corrected chi connectivity index (χ2v) is 4.78. The summed E-state index contributed by atoms with van der Waals surface area (Å²) < 4.78 is 39.5. The van der Waals surface area contributed by atoms with E-state index in [2.05, 4.69) is 22.5 Å². The fraction of sp³-hybridized carbons (Fsp3) is 0.235. The summed E-state index contributed by atoms with van der Waals surface area (Å²) in [4.78, 5) is 12.0. The molecule has 0 aromatic carbocycles. The quantitative estimate of drug-likeness (QED) is 0.667. The Morgan fingerprint density at radius 2 is 2.08 bits per heavy atom. The van der Waals surface area contributed by atoms with Crippen LogP contribution >= 0.6 is 0 Å². The number of hydrogen-bond donors (Lipinski definition) is 3. The van der Waals surface area contributed by atoms with Gasteiger partial charge >= 0.3 is 12.2 Å². The van der Waals surface area contributed by atoms with Crippen LogP contribution in [0.2, 0.25) is 0 Å². The lowest BCUT2D eigenvalue weighted by molar-refractivity contribution is -0.0894. The Bertz CT molecular complexity index is 638. The SMILES string of the molecule is C=C/C=C(\C=C/C)NC(=O)NC1=CC(C(F)(F)F)=C(NC)CC=C1. The lowest BCUT2D eigenvalue weighted by atomic mass is 10.1. The number of urea groups is 1. The number of rotatable bonds is 5. The van der Waals surface area contributed by atoms with Crippen molar-refractivity contribution in [2.75, 3.05) is 7.05 Å². The van der Waals surface area contributed by atoms with E-state index in [1.54, 1.807) is 31.2 Å². The summed E-state index contributed by atoms with van der Waals surface area (Å²) in [5, 5.41) is 7.48. The largest absolute Gasteiger partial charge is 0.418 e. The van der Waals surface area contributed by atoms with E-state index in [4.69, 9.17) is 0 Å². The molecule has 1 rings (SSSR count). The van der Waals surface area contributed by atoms with E-state index in [0.717, 1.165) is 6.08 Å². The van der Waals surface area contributed by atoms with Gasteiger partial charge in [-0.25, -0.2) is 4.79 Å². The molecule has 0 radical (unpaired) electrons. The minimum atomic E-state index is -4.52. The van der Waals surface area contributed by atoms with E-state index in [1.165, 1.54) is 19.2 Å². The van der Waals surface area contributed by atoms with Gasteiger partial charge in [-0.1, -0.05) is 24.8 Å². The molecule has 1 aliphatic rings. The molecule has 0 atom stereocenters. The maximum Gasteiger partial charge on any atom is 0.418 e. The van der Waals surface area contributed by atoms with Crippen molar-refractivity contribution in [2.24, 2.45) is 0 Å². The first kappa shape index (κ1) is 19.3. The first-order valence-electron chi connectivity index (χ1n) is 7.21. The monoisotopic (exact) mass is 339 g/mol. The molecule has 0 saturated heterocycles. The number of alkyl halides is 3. The maximum absolute atomic E-state index is 13.2. The molecule has 2 amide bonds. The number of allylic oxidation sites excluding steroid dienone is 8. The molecule has 0 bridgehead atoms. The molecule has 7 heteroatoms. The number of hydrogen-bond acceptors (Lipinski definition) is 2. The predicted octanol–water partition coefficient (Wildman–Crippen LogP) is 3.81. The van der Waals surface area contributed by atoms with Crippen molar-refractivity contribution in [3.8, 4) is 0 Å². The predicted molar refractivity (Wildman–Crippen MR) is 88.7 cm³/mol. The van der Waals surface area contributed by atoms with E-state index in [-0.39, 0.29) is 17.8 Å². The van der Waals surface area contributed by atoms with Gasteiger partial charge in [0.25, 0.3) is 0 Å². The number of carbonyl (C=O) groups excluding carboxylic acids is 1. The Kier molecular flexibility index (Phi) is 7.10. The number of amides is 2. The molecule has 0 aliphatic heterocycles. The van der Waals surface area contributed by atoms with Crippen LogP contribution in [0.4, 0.5) is 18.0 Å². The smallest absolute Gasteiger partial charge is 0.391 e. The van der Waals surface area contributed by atoms with E-state index in [9.17, 15) is 18.0 Å². The average Bonchev–Trinajstić information content (AvgIpc) is 2.69. The molecule has 0 spiro atoms. The molecule has 0 saturated carbocycles. The van der Waals surface area contributed by atoms with E-state index in [0.29, 0.717) is 5.70 Å². The summed E-state index contributed by atoms with van der Waals surface area (Å²) in [6.07, 6.45) is 5.86. The lowest BCUT2D eigenvalue weighted by Crippen LogP contribution is -2.33. The van der Waals surface area contributed by atoms with Gasteiger partial charge in [-0.2, -0.15) is 13.2 Å². The highest BCUT2D eigenvalue weighted by Crippen LogP contribution is 2.31. The third-order valence-corrected chi connectivity index (χ3v) is 3.01. The minimum absolute atomic E-state index is 0.0390. The van der Waals surface area contributed by atoms with Crippen LogP contribution in [0, 0.1) is 0 Å². The third kappa shape index (κ3) is 5.83. The zero-order valence-electron chi connectivity index (χ0n) is 13.5. The second kappa shape index (κ2) is 8.81. The Labute approximate surface area is 139 Å². The van der Waals surface area contributed by atoms with E-state index < -0.39 is 17.8 Å². The maximum atomic E-state index is 13.2. The van der Waals surface area contributed by atoms with Gasteiger partial charge in [0.05, 0.1) is 5.57 Å². The van der Waals surface area contributed by atoms with Gasteiger partial charge in [-0.3, -0.25) is 0 Å². The molecule has 0 heterocycles. The standard InChI is InChI=1S/C17H20F3N3O/c1-4-7-12(8-5-2)22-16(24)23-13-9-6-10-15(21-3)14(11-13)17(18,19)20/h4-9,11,21H,1,10H2,2-3H3,(H2,22,23,24)/b8-5-,12-7+. The third-order valence-electron chi connectivity index (χ3n) is 3.01. The minimum Gasteiger partial charge on any atom is -0.391 e. The van der Waals surface area contributed by atoms with Crippen LogP contribution in [-0.2, 0) is 0 Å². The van der Waals surface area contributed by atoms with Crippen molar-refractivity contribution in [2.45, 2.75) is 19.5 Å². The van der Waals surface area contributed by atoms with Crippen LogP contribution in [-0.4, -0.2) is 19.3 Å². The summed E-state index contributed by atoms with van der Waals surface area (Å²) >= 11 is 0. The van der Waals surface area contributed by atoms with Gasteiger partial charge in [0.2, 0.25) is 0 Å². The number of carbonyl (C=O) groups is 1. The Balaban J connectivity index is 2.99. The van der Waals surface area contributed by atoms with Gasteiger partial charge in [0, 0.05) is 30.6 Å². The molecule has 1 aliphatic carbocycles.